The minimum absolute atomic E-state index is 0.356. The molecule has 26 heavy (non-hydrogen) atoms. The normalized spacial score (nSPS) is 11.0. The molecule has 6 heteroatoms. The van der Waals surface area contributed by atoms with Gasteiger partial charge in [-0.25, -0.2) is 4.39 Å². The van der Waals surface area contributed by atoms with Gasteiger partial charge in [0.25, 0.3) is 5.91 Å². The summed E-state index contributed by atoms with van der Waals surface area (Å²) in [7, 11) is 1.90. The lowest BCUT2D eigenvalue weighted by Gasteiger charge is -2.04. The standard InChI is InChI=1S/C20H14ClFN2OS/c1-24-16-9-5-2-6-12(16)10-17(24)19-15(22)11-18(26-19)23-20(25)13-7-3-4-8-14(13)21/h2-11H,1H3,(H,23,25). The maximum absolute atomic E-state index is 14.6. The van der Waals surface area contributed by atoms with Crippen LogP contribution in [0.2, 0.25) is 5.02 Å². The molecule has 3 nitrogen and oxygen atoms in total. The molecule has 0 aliphatic carbocycles. The summed E-state index contributed by atoms with van der Waals surface area (Å²) in [5.41, 5.74) is 2.15. The van der Waals surface area contributed by atoms with Gasteiger partial charge in [0.05, 0.1) is 26.2 Å². The van der Waals surface area contributed by atoms with Crippen LogP contribution in [0.3, 0.4) is 0 Å². The third kappa shape index (κ3) is 2.89. The van der Waals surface area contributed by atoms with Crippen LogP contribution in [0.4, 0.5) is 9.39 Å². The maximum atomic E-state index is 14.6. The Morgan fingerprint density at radius 3 is 2.62 bits per heavy atom. The maximum Gasteiger partial charge on any atom is 0.257 e. The largest absolute Gasteiger partial charge is 0.343 e. The summed E-state index contributed by atoms with van der Waals surface area (Å²) in [5, 5.41) is 4.57. The van der Waals surface area contributed by atoms with E-state index < -0.39 is 0 Å². The number of amides is 1. The van der Waals surface area contributed by atoms with Crippen LogP contribution in [0.25, 0.3) is 21.5 Å². The molecule has 0 saturated heterocycles. The fourth-order valence-corrected chi connectivity index (χ4v) is 4.14. The minimum atomic E-state index is -0.365. The Kier molecular flexibility index (Phi) is 4.26. The van der Waals surface area contributed by atoms with E-state index in [-0.39, 0.29) is 11.7 Å². The summed E-state index contributed by atoms with van der Waals surface area (Å²) in [5.74, 6) is -0.726. The molecule has 0 atom stereocenters. The summed E-state index contributed by atoms with van der Waals surface area (Å²) in [6.45, 7) is 0. The summed E-state index contributed by atoms with van der Waals surface area (Å²) in [6, 6.07) is 17.9. The fourth-order valence-electron chi connectivity index (χ4n) is 2.94. The third-order valence-corrected chi connectivity index (χ3v) is 5.60. The molecule has 1 N–H and O–H groups in total. The van der Waals surface area contributed by atoms with E-state index in [4.69, 9.17) is 11.6 Å². The zero-order valence-corrected chi connectivity index (χ0v) is 15.4. The van der Waals surface area contributed by atoms with Gasteiger partial charge in [0, 0.05) is 24.0 Å². The van der Waals surface area contributed by atoms with E-state index in [0.717, 1.165) is 16.6 Å². The van der Waals surface area contributed by atoms with Gasteiger partial charge in [-0.15, -0.1) is 11.3 Å². The topological polar surface area (TPSA) is 34.0 Å². The van der Waals surface area contributed by atoms with Gasteiger partial charge < -0.3 is 9.88 Å². The van der Waals surface area contributed by atoms with Crippen LogP contribution in [-0.2, 0) is 7.05 Å². The first-order chi connectivity index (χ1) is 12.5. The highest BCUT2D eigenvalue weighted by Gasteiger charge is 2.18. The predicted molar refractivity (Wildman–Crippen MR) is 106 cm³/mol. The Morgan fingerprint density at radius 2 is 1.85 bits per heavy atom. The van der Waals surface area contributed by atoms with Gasteiger partial charge in [0.15, 0.2) is 0 Å². The van der Waals surface area contributed by atoms with E-state index in [0.29, 0.717) is 20.5 Å². The molecule has 4 aromatic rings. The number of thiophene rings is 1. The van der Waals surface area contributed by atoms with Crippen molar-refractivity contribution in [3.05, 3.63) is 77.1 Å². The second kappa shape index (κ2) is 6.59. The van der Waals surface area contributed by atoms with Crippen molar-refractivity contribution in [2.45, 2.75) is 0 Å². The number of hydrogen-bond acceptors (Lipinski definition) is 2. The number of anilines is 1. The minimum Gasteiger partial charge on any atom is -0.343 e. The lowest BCUT2D eigenvalue weighted by atomic mass is 10.2. The average Bonchev–Trinajstić information content (AvgIpc) is 3.15. The quantitative estimate of drug-likeness (QED) is 0.465. The number of para-hydroxylation sites is 1. The molecule has 1 amide bonds. The van der Waals surface area contributed by atoms with Gasteiger partial charge in [-0.2, -0.15) is 0 Å². The molecular formula is C20H14ClFN2OS. The SMILES string of the molecule is Cn1c(-c2sc(NC(=O)c3ccccc3Cl)cc2F)cc2ccccc21. The van der Waals surface area contributed by atoms with E-state index in [1.54, 1.807) is 24.3 Å². The number of carbonyl (C=O) groups excluding carboxylic acids is 1. The molecule has 0 aliphatic heterocycles. The first kappa shape index (κ1) is 16.8. The van der Waals surface area contributed by atoms with Crippen molar-refractivity contribution in [3.63, 3.8) is 0 Å². The monoisotopic (exact) mass is 384 g/mol. The average molecular weight is 385 g/mol. The second-order valence-electron chi connectivity index (χ2n) is 5.87. The van der Waals surface area contributed by atoms with Crippen LogP contribution in [-0.4, -0.2) is 10.5 Å². The van der Waals surface area contributed by atoms with Crippen molar-refractivity contribution in [1.82, 2.24) is 4.57 Å². The molecule has 0 radical (unpaired) electrons. The number of nitrogens with zero attached hydrogens (tertiary/aromatic N) is 1. The van der Waals surface area contributed by atoms with Gasteiger partial charge in [-0.05, 0) is 24.3 Å². The molecule has 2 heterocycles. The Morgan fingerprint density at radius 1 is 1.12 bits per heavy atom. The van der Waals surface area contributed by atoms with Crippen LogP contribution >= 0.6 is 22.9 Å². The van der Waals surface area contributed by atoms with Gasteiger partial charge in [-0.3, -0.25) is 4.79 Å². The lowest BCUT2D eigenvalue weighted by Crippen LogP contribution is -2.11. The van der Waals surface area contributed by atoms with Crippen molar-refractivity contribution >= 4 is 44.7 Å². The van der Waals surface area contributed by atoms with Crippen LogP contribution in [0.5, 0.6) is 0 Å². The van der Waals surface area contributed by atoms with Gasteiger partial charge in [0.1, 0.15) is 5.82 Å². The molecule has 0 fully saturated rings. The van der Waals surface area contributed by atoms with Crippen LogP contribution in [0, 0.1) is 5.82 Å². The van der Waals surface area contributed by atoms with E-state index in [9.17, 15) is 9.18 Å². The number of nitrogens with one attached hydrogen (secondary N) is 1. The molecule has 0 spiro atoms. The Balaban J connectivity index is 1.68. The number of aryl methyl sites for hydroxylation is 1. The predicted octanol–water partition coefficient (Wildman–Crippen LogP) is 5.95. The molecule has 0 aliphatic rings. The highest BCUT2D eigenvalue weighted by molar-refractivity contribution is 7.19. The highest BCUT2D eigenvalue weighted by Crippen LogP contribution is 2.37. The van der Waals surface area contributed by atoms with Crippen molar-refractivity contribution in [2.75, 3.05) is 5.32 Å². The summed E-state index contributed by atoms with van der Waals surface area (Å²) >= 11 is 7.25. The number of aromatic nitrogens is 1. The van der Waals surface area contributed by atoms with E-state index >= 15 is 0 Å². The number of carbonyl (C=O) groups is 1. The Hall–Kier alpha value is -2.63. The first-order valence-corrected chi connectivity index (χ1v) is 9.14. The number of fused-ring (bicyclic) bond motifs is 1. The number of halogens is 2. The summed E-state index contributed by atoms with van der Waals surface area (Å²) in [6.07, 6.45) is 0. The molecule has 2 aromatic carbocycles. The fraction of sp³-hybridized carbons (Fsp3) is 0.0500. The van der Waals surface area contributed by atoms with Crippen LogP contribution < -0.4 is 5.32 Å². The number of hydrogen-bond donors (Lipinski definition) is 1. The van der Waals surface area contributed by atoms with Gasteiger partial charge >= 0.3 is 0 Å². The molecule has 130 valence electrons. The molecular weight excluding hydrogens is 371 g/mol. The number of benzene rings is 2. The van der Waals surface area contributed by atoms with E-state index in [1.807, 2.05) is 41.9 Å². The summed E-state index contributed by atoms with van der Waals surface area (Å²) in [4.78, 5) is 12.9. The van der Waals surface area contributed by atoms with Crippen molar-refractivity contribution in [1.29, 1.82) is 0 Å². The van der Waals surface area contributed by atoms with E-state index in [1.165, 1.54) is 17.4 Å². The van der Waals surface area contributed by atoms with E-state index in [2.05, 4.69) is 5.32 Å². The molecule has 2 aromatic heterocycles. The molecule has 0 bridgehead atoms. The van der Waals surface area contributed by atoms with Crippen LogP contribution in [0.15, 0.2) is 60.7 Å². The molecule has 0 unspecified atom stereocenters. The Bertz CT molecular complexity index is 1130. The zero-order valence-electron chi connectivity index (χ0n) is 13.8. The van der Waals surface area contributed by atoms with Gasteiger partial charge in [0.2, 0.25) is 0 Å². The van der Waals surface area contributed by atoms with Gasteiger partial charge in [-0.1, -0.05) is 41.9 Å². The molecule has 0 saturated carbocycles. The zero-order chi connectivity index (χ0) is 18.3. The smallest absolute Gasteiger partial charge is 0.257 e. The Labute approximate surface area is 158 Å². The number of rotatable bonds is 3. The summed E-state index contributed by atoms with van der Waals surface area (Å²) < 4.78 is 16.5. The molecule has 4 rings (SSSR count). The first-order valence-electron chi connectivity index (χ1n) is 7.94. The highest BCUT2D eigenvalue weighted by atomic mass is 35.5. The second-order valence-corrected chi connectivity index (χ2v) is 7.33. The lowest BCUT2D eigenvalue weighted by molar-refractivity contribution is 0.102. The van der Waals surface area contributed by atoms with Crippen LogP contribution in [0.1, 0.15) is 10.4 Å². The van der Waals surface area contributed by atoms with Crippen molar-refractivity contribution < 1.29 is 9.18 Å². The third-order valence-electron chi connectivity index (χ3n) is 4.23. The van der Waals surface area contributed by atoms with Crippen molar-refractivity contribution in [2.24, 2.45) is 7.05 Å². The van der Waals surface area contributed by atoms with Crippen molar-refractivity contribution in [3.8, 4) is 10.6 Å².